The van der Waals surface area contributed by atoms with Crippen LogP contribution >= 0.6 is 38.5 Å². The van der Waals surface area contributed by atoms with Gasteiger partial charge in [0.2, 0.25) is 5.90 Å². The fraction of sp³-hybridized carbons (Fsp3) is 0.154. The van der Waals surface area contributed by atoms with E-state index in [1.165, 1.54) is 5.56 Å². The van der Waals surface area contributed by atoms with Crippen molar-refractivity contribution < 1.29 is 19.0 Å². The summed E-state index contributed by atoms with van der Waals surface area (Å²) in [6.45, 7) is 4.91. The number of ether oxygens (including phenoxy) is 3. The van der Waals surface area contributed by atoms with E-state index in [2.05, 4.69) is 56.5 Å². The predicted molar refractivity (Wildman–Crippen MR) is 141 cm³/mol. The van der Waals surface area contributed by atoms with Crippen molar-refractivity contribution in [3.63, 3.8) is 0 Å². The number of carbonyl (C=O) groups excluding carboxylic acids is 1. The Labute approximate surface area is 214 Å². The molecular weight excluding hydrogens is 597 g/mol. The predicted octanol–water partition coefficient (Wildman–Crippen LogP) is 6.68. The Balaban J connectivity index is 1.62. The van der Waals surface area contributed by atoms with Crippen LogP contribution in [0.25, 0.3) is 6.08 Å². The number of benzene rings is 3. The fourth-order valence-electron chi connectivity index (χ4n) is 3.31. The van der Waals surface area contributed by atoms with Crippen molar-refractivity contribution >= 4 is 56.5 Å². The van der Waals surface area contributed by atoms with Gasteiger partial charge in [0.25, 0.3) is 0 Å². The van der Waals surface area contributed by atoms with E-state index in [1.807, 2.05) is 61.5 Å². The molecule has 0 aliphatic carbocycles. The number of cyclic esters (lactones) is 1. The molecule has 0 amide bonds. The summed E-state index contributed by atoms with van der Waals surface area (Å²) in [6.07, 6.45) is 1.70. The summed E-state index contributed by atoms with van der Waals surface area (Å²) < 4.78 is 19.1. The first-order valence-corrected chi connectivity index (χ1v) is 12.2. The van der Waals surface area contributed by atoms with Gasteiger partial charge in [0.05, 0.1) is 10.2 Å². The summed E-state index contributed by atoms with van der Waals surface area (Å²) in [5.74, 6) is 1.09. The Bertz CT molecular complexity index is 1270. The summed E-state index contributed by atoms with van der Waals surface area (Å²) in [5, 5.41) is 0. The van der Waals surface area contributed by atoms with E-state index in [9.17, 15) is 4.79 Å². The van der Waals surface area contributed by atoms with Crippen molar-refractivity contribution in [2.75, 3.05) is 6.61 Å². The minimum Gasteiger partial charge on any atom is -0.490 e. The molecule has 0 bridgehead atoms. The van der Waals surface area contributed by atoms with Gasteiger partial charge < -0.3 is 14.2 Å². The van der Waals surface area contributed by atoms with Gasteiger partial charge in [-0.3, -0.25) is 0 Å². The first-order valence-electron chi connectivity index (χ1n) is 10.4. The van der Waals surface area contributed by atoms with E-state index in [1.54, 1.807) is 6.08 Å². The number of hydrogen-bond donors (Lipinski definition) is 0. The number of esters is 1. The second-order valence-electron chi connectivity index (χ2n) is 7.32. The molecule has 1 aliphatic rings. The van der Waals surface area contributed by atoms with E-state index < -0.39 is 5.97 Å². The maximum absolute atomic E-state index is 12.4. The van der Waals surface area contributed by atoms with Crippen LogP contribution in [-0.2, 0) is 16.1 Å². The number of carbonyl (C=O) groups is 1. The SMILES string of the molecule is CCOc1cc(/C=C2\N=C(c3cccc(Br)c3)OC2=O)cc(I)c1OCc1ccccc1C. The molecule has 1 aliphatic heterocycles. The smallest absolute Gasteiger partial charge is 0.363 e. The highest BCUT2D eigenvalue weighted by molar-refractivity contribution is 14.1. The number of aliphatic imine (C=N–C) groups is 1. The molecule has 0 saturated carbocycles. The van der Waals surface area contributed by atoms with Gasteiger partial charge in [0.1, 0.15) is 6.61 Å². The molecule has 0 radical (unpaired) electrons. The first kappa shape index (κ1) is 23.5. The molecule has 1 heterocycles. The van der Waals surface area contributed by atoms with E-state index in [0.717, 1.165) is 24.7 Å². The number of nitrogens with zero attached hydrogens (tertiary/aromatic N) is 1. The van der Waals surface area contributed by atoms with E-state index in [-0.39, 0.29) is 11.6 Å². The van der Waals surface area contributed by atoms with E-state index in [4.69, 9.17) is 14.2 Å². The summed E-state index contributed by atoms with van der Waals surface area (Å²) in [5.41, 5.74) is 4.02. The Morgan fingerprint density at radius 1 is 1.09 bits per heavy atom. The Morgan fingerprint density at radius 3 is 2.67 bits per heavy atom. The summed E-state index contributed by atoms with van der Waals surface area (Å²) in [6, 6.07) is 19.4. The highest BCUT2D eigenvalue weighted by Gasteiger charge is 2.24. The molecule has 7 heteroatoms. The van der Waals surface area contributed by atoms with Crippen LogP contribution in [0.4, 0.5) is 0 Å². The molecule has 0 spiro atoms. The van der Waals surface area contributed by atoms with Crippen LogP contribution in [0.1, 0.15) is 29.2 Å². The maximum atomic E-state index is 12.4. The molecule has 33 heavy (non-hydrogen) atoms. The maximum Gasteiger partial charge on any atom is 0.363 e. The third kappa shape index (κ3) is 5.65. The van der Waals surface area contributed by atoms with Crippen LogP contribution in [0.5, 0.6) is 11.5 Å². The minimum absolute atomic E-state index is 0.233. The van der Waals surface area contributed by atoms with E-state index >= 15 is 0 Å². The quantitative estimate of drug-likeness (QED) is 0.169. The van der Waals surface area contributed by atoms with Gasteiger partial charge in [-0.05, 0) is 89.5 Å². The molecule has 0 saturated heterocycles. The zero-order chi connectivity index (χ0) is 23.4. The molecule has 0 N–H and O–H groups in total. The lowest BCUT2D eigenvalue weighted by Gasteiger charge is -2.15. The highest BCUT2D eigenvalue weighted by atomic mass is 127. The van der Waals surface area contributed by atoms with Gasteiger partial charge in [0, 0.05) is 10.0 Å². The second-order valence-corrected chi connectivity index (χ2v) is 9.40. The third-order valence-corrected chi connectivity index (χ3v) is 6.25. The highest BCUT2D eigenvalue weighted by Crippen LogP contribution is 2.36. The van der Waals surface area contributed by atoms with Crippen molar-refractivity contribution in [2.24, 2.45) is 4.99 Å². The number of aryl methyl sites for hydroxylation is 1. The van der Waals surface area contributed by atoms with Crippen LogP contribution in [0, 0.1) is 10.5 Å². The lowest BCUT2D eigenvalue weighted by Crippen LogP contribution is -2.05. The van der Waals surface area contributed by atoms with Gasteiger partial charge in [-0.2, -0.15) is 0 Å². The molecule has 0 aromatic heterocycles. The van der Waals surface area contributed by atoms with Crippen molar-refractivity contribution in [1.82, 2.24) is 0 Å². The Hall–Kier alpha value is -2.65. The molecule has 0 fully saturated rings. The standard InChI is InChI=1S/C26H21BrINO4/c1-3-31-23-13-17(11-21(28)24(23)32-15-19-8-5-4-7-16(19)2)12-22-26(30)33-25(29-22)18-9-6-10-20(27)14-18/h4-14H,3,15H2,1-2H3/b22-12-. The summed E-state index contributed by atoms with van der Waals surface area (Å²) >= 11 is 5.65. The van der Waals surface area contributed by atoms with Crippen LogP contribution in [0.3, 0.4) is 0 Å². The Kier molecular flexibility index (Phi) is 7.49. The number of hydrogen-bond acceptors (Lipinski definition) is 5. The van der Waals surface area contributed by atoms with Crippen molar-refractivity contribution in [2.45, 2.75) is 20.5 Å². The average Bonchev–Trinajstić information content (AvgIpc) is 3.15. The summed E-state index contributed by atoms with van der Waals surface area (Å²) in [4.78, 5) is 16.8. The zero-order valence-corrected chi connectivity index (χ0v) is 21.8. The summed E-state index contributed by atoms with van der Waals surface area (Å²) in [7, 11) is 0. The topological polar surface area (TPSA) is 57.1 Å². The van der Waals surface area contributed by atoms with Crippen molar-refractivity contribution in [3.05, 3.63) is 96.7 Å². The fourth-order valence-corrected chi connectivity index (χ4v) is 4.49. The van der Waals surface area contributed by atoms with Gasteiger partial charge in [-0.1, -0.05) is 46.3 Å². The molecule has 3 aromatic carbocycles. The van der Waals surface area contributed by atoms with Crippen LogP contribution in [-0.4, -0.2) is 18.5 Å². The lowest BCUT2D eigenvalue weighted by atomic mass is 10.1. The molecule has 5 nitrogen and oxygen atoms in total. The molecule has 4 rings (SSSR count). The lowest BCUT2D eigenvalue weighted by molar-refractivity contribution is -0.129. The van der Waals surface area contributed by atoms with Crippen LogP contribution in [0.2, 0.25) is 0 Å². The molecule has 3 aromatic rings. The molecule has 0 atom stereocenters. The second kappa shape index (κ2) is 10.5. The molecule has 0 unspecified atom stereocenters. The monoisotopic (exact) mass is 617 g/mol. The van der Waals surface area contributed by atoms with Gasteiger partial charge in [-0.25, -0.2) is 9.79 Å². The van der Waals surface area contributed by atoms with Crippen LogP contribution in [0.15, 0.2) is 75.8 Å². The van der Waals surface area contributed by atoms with Gasteiger partial charge in [0.15, 0.2) is 17.2 Å². The normalized spacial score (nSPS) is 14.2. The largest absolute Gasteiger partial charge is 0.490 e. The van der Waals surface area contributed by atoms with Gasteiger partial charge >= 0.3 is 5.97 Å². The number of halogens is 2. The average molecular weight is 618 g/mol. The molecular formula is C26H21BrINO4. The van der Waals surface area contributed by atoms with Crippen molar-refractivity contribution in [1.29, 1.82) is 0 Å². The Morgan fingerprint density at radius 2 is 1.91 bits per heavy atom. The van der Waals surface area contributed by atoms with Crippen LogP contribution < -0.4 is 9.47 Å². The third-order valence-electron chi connectivity index (χ3n) is 4.96. The van der Waals surface area contributed by atoms with E-state index in [0.29, 0.717) is 24.7 Å². The first-order chi connectivity index (χ1) is 15.9. The number of rotatable bonds is 7. The van der Waals surface area contributed by atoms with Crippen molar-refractivity contribution in [3.8, 4) is 11.5 Å². The van der Waals surface area contributed by atoms with Gasteiger partial charge in [-0.15, -0.1) is 0 Å². The molecule has 168 valence electrons. The zero-order valence-electron chi connectivity index (χ0n) is 18.1. The minimum atomic E-state index is -0.488.